The molecule has 3 rings (SSSR count). The lowest BCUT2D eigenvalue weighted by Gasteiger charge is -2.37. The number of fused-ring (bicyclic) bond motifs is 1. The highest BCUT2D eigenvalue weighted by atomic mass is 16.5. The van der Waals surface area contributed by atoms with E-state index < -0.39 is 11.6 Å². The average Bonchev–Trinajstić information content (AvgIpc) is 2.57. The molecule has 1 aromatic heterocycles. The molecule has 1 heterocycles. The first-order chi connectivity index (χ1) is 11.6. The summed E-state index contributed by atoms with van der Waals surface area (Å²) >= 11 is 0. The fourth-order valence-corrected chi connectivity index (χ4v) is 2.87. The fraction of sp³-hybridized carbons (Fsp3) is 0.444. The van der Waals surface area contributed by atoms with E-state index in [2.05, 4.69) is 10.3 Å². The molecule has 0 amide bonds. The molecule has 1 fully saturated rings. The van der Waals surface area contributed by atoms with Gasteiger partial charge in [0.2, 0.25) is 0 Å². The molecule has 0 atom stereocenters. The number of hydrogen-bond acceptors (Lipinski definition) is 6. The number of carbonyl (C=O) groups is 1. The van der Waals surface area contributed by atoms with E-state index >= 15 is 0 Å². The summed E-state index contributed by atoms with van der Waals surface area (Å²) in [4.78, 5) is 16.6. The van der Waals surface area contributed by atoms with Crippen LogP contribution < -0.4 is 10.1 Å². The maximum absolute atomic E-state index is 12.3. The topological polar surface area (TPSA) is 80.7 Å². The predicted molar refractivity (Wildman–Crippen MR) is 91.5 cm³/mol. The lowest BCUT2D eigenvalue weighted by atomic mass is 9.80. The number of nitrogens with one attached hydrogen (secondary N) is 1. The van der Waals surface area contributed by atoms with E-state index in [1.54, 1.807) is 14.0 Å². The Balaban J connectivity index is 2.04. The van der Waals surface area contributed by atoms with E-state index in [0.717, 1.165) is 30.2 Å². The Labute approximate surface area is 140 Å². The number of rotatable bonds is 6. The zero-order chi connectivity index (χ0) is 17.2. The number of hydrogen-bond donors (Lipinski definition) is 2. The highest BCUT2D eigenvalue weighted by Crippen LogP contribution is 2.34. The van der Waals surface area contributed by atoms with Crippen molar-refractivity contribution < 1.29 is 19.4 Å². The number of esters is 1. The normalized spacial score (nSPS) is 15.6. The van der Waals surface area contributed by atoms with Crippen LogP contribution in [0.1, 0.15) is 36.5 Å². The number of ether oxygens (including phenoxy) is 2. The summed E-state index contributed by atoms with van der Waals surface area (Å²) in [5.41, 5.74) is 1.02. The van der Waals surface area contributed by atoms with Crippen molar-refractivity contribution in [2.45, 2.75) is 31.8 Å². The smallest absolute Gasteiger partial charge is 0.341 e. The van der Waals surface area contributed by atoms with Gasteiger partial charge < -0.3 is 19.9 Å². The van der Waals surface area contributed by atoms with Gasteiger partial charge in [0, 0.05) is 18.1 Å². The Bertz CT molecular complexity index is 756. The Morgan fingerprint density at radius 3 is 2.83 bits per heavy atom. The third-order valence-corrected chi connectivity index (χ3v) is 4.45. The minimum Gasteiger partial charge on any atom is -0.497 e. The van der Waals surface area contributed by atoms with Crippen LogP contribution in [-0.4, -0.2) is 41.9 Å². The van der Waals surface area contributed by atoms with E-state index in [4.69, 9.17) is 9.47 Å². The van der Waals surface area contributed by atoms with Crippen LogP contribution in [0.25, 0.3) is 10.9 Å². The van der Waals surface area contributed by atoms with Crippen molar-refractivity contribution in [3.8, 4) is 5.75 Å². The molecular weight excluding hydrogens is 308 g/mol. The largest absolute Gasteiger partial charge is 0.497 e. The minimum atomic E-state index is -0.708. The van der Waals surface area contributed by atoms with E-state index in [1.165, 1.54) is 6.20 Å². The van der Waals surface area contributed by atoms with Gasteiger partial charge in [0.25, 0.3) is 0 Å². The molecule has 0 bridgehead atoms. The van der Waals surface area contributed by atoms with E-state index in [1.807, 2.05) is 18.2 Å². The summed E-state index contributed by atoms with van der Waals surface area (Å²) in [5.74, 6) is 0.244. The van der Waals surface area contributed by atoms with Gasteiger partial charge in [-0.1, -0.05) is 0 Å². The van der Waals surface area contributed by atoms with Gasteiger partial charge in [0.1, 0.15) is 11.3 Å². The fourth-order valence-electron chi connectivity index (χ4n) is 2.87. The number of aromatic nitrogens is 1. The van der Waals surface area contributed by atoms with Crippen LogP contribution in [0.3, 0.4) is 0 Å². The molecule has 1 aliphatic carbocycles. The number of nitrogens with zero attached hydrogens (tertiary/aromatic N) is 1. The minimum absolute atomic E-state index is 0.290. The Hall–Kier alpha value is -2.34. The third kappa shape index (κ3) is 3.14. The molecule has 2 N–H and O–H groups in total. The van der Waals surface area contributed by atoms with Crippen LogP contribution in [0.2, 0.25) is 0 Å². The second-order valence-electron chi connectivity index (χ2n) is 6.08. The summed E-state index contributed by atoms with van der Waals surface area (Å²) in [5, 5.41) is 14.4. The zero-order valence-corrected chi connectivity index (χ0v) is 14.0. The molecule has 6 heteroatoms. The van der Waals surface area contributed by atoms with Crippen LogP contribution in [0.15, 0.2) is 24.4 Å². The van der Waals surface area contributed by atoms with Gasteiger partial charge in [-0.05, 0) is 44.4 Å². The average molecular weight is 330 g/mol. The first kappa shape index (κ1) is 16.5. The summed E-state index contributed by atoms with van der Waals surface area (Å²) in [7, 11) is 1.59. The van der Waals surface area contributed by atoms with Crippen molar-refractivity contribution in [3.05, 3.63) is 30.0 Å². The standard InChI is InChI=1S/C18H22N2O4/c1-3-24-17(21)14-10-19-15-6-5-12(23-2)9-13(15)16(14)20-11-18(22)7-4-8-18/h5-6,9-10,22H,3-4,7-8,11H2,1-2H3,(H,19,20). The van der Waals surface area contributed by atoms with Crippen molar-refractivity contribution in [2.75, 3.05) is 25.6 Å². The lowest BCUT2D eigenvalue weighted by molar-refractivity contribution is -0.0202. The molecule has 2 aromatic rings. The number of methoxy groups -OCH3 is 1. The van der Waals surface area contributed by atoms with Crippen LogP contribution in [0, 0.1) is 0 Å². The van der Waals surface area contributed by atoms with Crippen molar-refractivity contribution in [1.82, 2.24) is 4.98 Å². The number of benzene rings is 1. The first-order valence-corrected chi connectivity index (χ1v) is 8.16. The molecule has 1 aliphatic rings. The van der Waals surface area contributed by atoms with E-state index in [0.29, 0.717) is 30.2 Å². The Morgan fingerprint density at radius 2 is 2.21 bits per heavy atom. The van der Waals surface area contributed by atoms with E-state index in [-0.39, 0.29) is 0 Å². The lowest BCUT2D eigenvalue weighted by Crippen LogP contribution is -2.43. The highest BCUT2D eigenvalue weighted by Gasteiger charge is 2.34. The molecule has 1 saturated carbocycles. The second-order valence-corrected chi connectivity index (χ2v) is 6.08. The summed E-state index contributed by atoms with van der Waals surface area (Å²) in [6.45, 7) is 2.44. The van der Waals surface area contributed by atoms with E-state index in [9.17, 15) is 9.90 Å². The third-order valence-electron chi connectivity index (χ3n) is 4.45. The van der Waals surface area contributed by atoms with Gasteiger partial charge in [-0.15, -0.1) is 0 Å². The summed E-state index contributed by atoms with van der Waals surface area (Å²) in [6.07, 6.45) is 4.07. The molecule has 128 valence electrons. The predicted octanol–water partition coefficient (Wildman–Crippen LogP) is 2.75. The quantitative estimate of drug-likeness (QED) is 0.793. The molecule has 1 aromatic carbocycles. The first-order valence-electron chi connectivity index (χ1n) is 8.16. The van der Waals surface area contributed by atoms with Crippen LogP contribution in [0.5, 0.6) is 5.75 Å². The molecular formula is C18H22N2O4. The number of anilines is 1. The van der Waals surface area contributed by atoms with Crippen molar-refractivity contribution in [1.29, 1.82) is 0 Å². The maximum atomic E-state index is 12.3. The molecule has 6 nitrogen and oxygen atoms in total. The SMILES string of the molecule is CCOC(=O)c1cnc2ccc(OC)cc2c1NCC1(O)CCC1. The number of pyridine rings is 1. The molecule has 0 unspecified atom stereocenters. The van der Waals surface area contributed by atoms with Gasteiger partial charge >= 0.3 is 5.97 Å². The van der Waals surface area contributed by atoms with Crippen LogP contribution >= 0.6 is 0 Å². The number of aliphatic hydroxyl groups is 1. The molecule has 24 heavy (non-hydrogen) atoms. The summed E-state index contributed by atoms with van der Waals surface area (Å²) < 4.78 is 10.4. The Morgan fingerprint density at radius 1 is 1.42 bits per heavy atom. The van der Waals surface area contributed by atoms with Crippen molar-refractivity contribution >= 4 is 22.6 Å². The van der Waals surface area contributed by atoms with Gasteiger partial charge in [0.15, 0.2) is 0 Å². The molecule has 0 radical (unpaired) electrons. The van der Waals surface area contributed by atoms with Gasteiger partial charge in [0.05, 0.1) is 30.5 Å². The molecule has 0 aliphatic heterocycles. The maximum Gasteiger partial charge on any atom is 0.341 e. The van der Waals surface area contributed by atoms with Gasteiger partial charge in [-0.3, -0.25) is 4.98 Å². The molecule has 0 spiro atoms. The molecule has 0 saturated heterocycles. The van der Waals surface area contributed by atoms with Crippen molar-refractivity contribution in [2.24, 2.45) is 0 Å². The number of carbonyl (C=O) groups excluding carboxylic acids is 1. The van der Waals surface area contributed by atoms with Gasteiger partial charge in [-0.25, -0.2) is 4.79 Å². The monoisotopic (exact) mass is 330 g/mol. The summed E-state index contributed by atoms with van der Waals surface area (Å²) in [6, 6.07) is 5.49. The van der Waals surface area contributed by atoms with Crippen LogP contribution in [0.4, 0.5) is 5.69 Å². The van der Waals surface area contributed by atoms with Crippen molar-refractivity contribution in [3.63, 3.8) is 0 Å². The Kier molecular flexibility index (Phi) is 4.57. The highest BCUT2D eigenvalue weighted by molar-refractivity contribution is 6.05. The second kappa shape index (κ2) is 6.65. The zero-order valence-electron chi connectivity index (χ0n) is 14.0. The van der Waals surface area contributed by atoms with Gasteiger partial charge in [-0.2, -0.15) is 0 Å². The van der Waals surface area contributed by atoms with Crippen LogP contribution in [-0.2, 0) is 4.74 Å².